The van der Waals surface area contributed by atoms with Gasteiger partial charge >= 0.3 is 30.2 Å². The van der Waals surface area contributed by atoms with Gasteiger partial charge in [0.15, 0.2) is 0 Å². The molecule has 0 aliphatic heterocycles. The topological polar surface area (TPSA) is 0 Å². The van der Waals surface area contributed by atoms with Gasteiger partial charge in [0.25, 0.3) is 0 Å². The van der Waals surface area contributed by atoms with Gasteiger partial charge in [0, 0.05) is 0 Å². The number of benzene rings is 6. The van der Waals surface area contributed by atoms with Crippen molar-refractivity contribution in [3.05, 3.63) is 145 Å². The average Bonchev–Trinajstić information content (AvgIpc) is 3.86. The summed E-state index contributed by atoms with van der Waals surface area (Å²) in [6.07, 6.45) is 6.86. The van der Waals surface area contributed by atoms with Gasteiger partial charge in [-0.3, -0.25) is 0 Å². The SMILES string of the molecule is CC(C)C1=Cc2[c-]cc3c(c2C1)-c1cccc2cccc-3c12.CC(C)C1=Cc2[c-]cc3c(c2C1)-c1cccc2cccc-3c12.Cl.Cl.[CH3-].[CH3-].[Si]=[Zr]. The van der Waals surface area contributed by atoms with Gasteiger partial charge in [-0.2, -0.15) is 0 Å². The van der Waals surface area contributed by atoms with Crippen LogP contribution in [0.4, 0.5) is 0 Å². The number of fused-ring (bicyclic) bond motifs is 10. The van der Waals surface area contributed by atoms with E-state index in [-0.39, 0.29) is 39.7 Å². The van der Waals surface area contributed by atoms with E-state index in [4.69, 9.17) is 0 Å². The molecule has 0 fully saturated rings. The van der Waals surface area contributed by atoms with Gasteiger partial charge < -0.3 is 14.9 Å². The molecule has 0 N–H and O–H groups in total. The van der Waals surface area contributed by atoms with E-state index in [9.17, 15) is 0 Å². The molecule has 0 amide bonds. The molecule has 4 aliphatic rings. The van der Waals surface area contributed by atoms with Crippen molar-refractivity contribution in [2.24, 2.45) is 11.8 Å². The number of hydrogen-bond donors (Lipinski definition) is 0. The van der Waals surface area contributed by atoms with Gasteiger partial charge in [0.1, 0.15) is 0 Å². The van der Waals surface area contributed by atoms with Crippen LogP contribution in [0.3, 0.4) is 0 Å². The molecule has 6 aromatic rings. The first kappa shape index (κ1) is 39.8. The Bertz CT molecular complexity index is 2140. The molecule has 2 radical (unpaired) electrons. The van der Waals surface area contributed by atoms with Crippen molar-refractivity contribution < 1.29 is 23.3 Å². The predicted molar refractivity (Wildman–Crippen MR) is 221 cm³/mol. The van der Waals surface area contributed by atoms with Gasteiger partial charge in [-0.15, -0.1) is 94.6 Å². The molecule has 4 aliphatic carbocycles. The van der Waals surface area contributed by atoms with E-state index in [0.717, 1.165) is 12.8 Å². The van der Waals surface area contributed by atoms with E-state index in [0.29, 0.717) is 11.8 Å². The first-order valence-electron chi connectivity index (χ1n) is 16.3. The summed E-state index contributed by atoms with van der Waals surface area (Å²) in [5.41, 5.74) is 19.8. The third-order valence-corrected chi connectivity index (χ3v) is 10.4. The molecule has 0 saturated heterocycles. The molecule has 0 bridgehead atoms. The molecular formula is C46H42Cl2SiZr-4. The van der Waals surface area contributed by atoms with E-state index < -0.39 is 0 Å². The van der Waals surface area contributed by atoms with Crippen molar-refractivity contribution >= 4 is 65.4 Å². The second-order valence-electron chi connectivity index (χ2n) is 13.5. The molecule has 6 aromatic carbocycles. The van der Waals surface area contributed by atoms with Gasteiger partial charge in [-0.25, -0.2) is 0 Å². The molecule has 4 heteroatoms. The Balaban J connectivity index is 0.000000199. The Morgan fingerprint density at radius 3 is 1.20 bits per heavy atom. The van der Waals surface area contributed by atoms with Gasteiger partial charge in [0.05, 0.1) is 0 Å². The van der Waals surface area contributed by atoms with Crippen LogP contribution >= 0.6 is 24.8 Å². The van der Waals surface area contributed by atoms with Crippen molar-refractivity contribution in [2.75, 3.05) is 0 Å². The summed E-state index contributed by atoms with van der Waals surface area (Å²) in [5, 5.41) is 5.52. The molecular weight excluding hydrogens is 743 g/mol. The summed E-state index contributed by atoms with van der Waals surface area (Å²) in [6.45, 7) is 12.2. The first-order valence-corrected chi connectivity index (χ1v) is 20.5. The van der Waals surface area contributed by atoms with Crippen LogP contribution in [0.2, 0.25) is 0 Å². The molecule has 0 saturated carbocycles. The molecule has 10 rings (SSSR count). The number of halogens is 2. The van der Waals surface area contributed by atoms with Crippen molar-refractivity contribution in [3.63, 3.8) is 0 Å². The van der Waals surface area contributed by atoms with E-state index in [1.54, 1.807) is 0 Å². The summed E-state index contributed by atoms with van der Waals surface area (Å²) in [7, 11) is 0. The van der Waals surface area contributed by atoms with Crippen LogP contribution in [0.15, 0.2) is 96.1 Å². The Labute approximate surface area is 328 Å². The minimum atomic E-state index is 0. The third-order valence-electron chi connectivity index (χ3n) is 10.4. The number of hydrogen-bond acceptors (Lipinski definition) is 0. The van der Waals surface area contributed by atoms with E-state index in [1.807, 2.05) is 0 Å². The Kier molecular flexibility index (Phi) is 12.5. The monoisotopic (exact) mass is 782 g/mol. The molecule has 0 unspecified atom stereocenters. The van der Waals surface area contributed by atoms with Crippen molar-refractivity contribution in [1.29, 1.82) is 0 Å². The second-order valence-corrected chi connectivity index (χ2v) is 13.5. The molecule has 0 spiro atoms. The number of allylic oxidation sites excluding steroid dienone is 2. The second kappa shape index (κ2) is 15.7. The van der Waals surface area contributed by atoms with Crippen molar-refractivity contribution in [2.45, 2.75) is 40.5 Å². The Morgan fingerprint density at radius 2 is 0.860 bits per heavy atom. The van der Waals surface area contributed by atoms with Crippen molar-refractivity contribution in [1.82, 2.24) is 0 Å². The van der Waals surface area contributed by atoms with Crippen LogP contribution in [0.25, 0.3) is 78.2 Å². The third kappa shape index (κ3) is 6.15. The standard InChI is InChI=1S/2C22H17.2CH3.2ClH.Si.Zr/c2*1-13(2)16-11-15-9-10-18-17-7-3-5-14-6-4-8-19(21(14)17)22(18)20(15)12-16;;;;;;/h2*3-8,10-11,13H,12H2,1-2H3;2*1H3;2*1H;;/q4*-1;;;;. The zero-order chi connectivity index (χ0) is 31.7. The summed E-state index contributed by atoms with van der Waals surface area (Å²) >= 11 is 1.36. The van der Waals surface area contributed by atoms with Crippen LogP contribution in [0, 0.1) is 38.8 Å². The van der Waals surface area contributed by atoms with Crippen LogP contribution < -0.4 is 0 Å². The maximum absolute atomic E-state index is 3.54. The van der Waals surface area contributed by atoms with Crippen LogP contribution in [0.5, 0.6) is 0 Å². The summed E-state index contributed by atoms with van der Waals surface area (Å²) in [5.74, 6) is 1.21. The molecule has 0 aromatic heterocycles. The first-order chi connectivity index (χ1) is 22.5. The van der Waals surface area contributed by atoms with Gasteiger partial charge in [-0.05, 0) is 57.3 Å². The average molecular weight is 785 g/mol. The fourth-order valence-electron chi connectivity index (χ4n) is 8.05. The zero-order valence-corrected chi connectivity index (χ0v) is 34.7. The minimum absolute atomic E-state index is 0. The summed E-state index contributed by atoms with van der Waals surface area (Å²) < 4.78 is 0. The quantitative estimate of drug-likeness (QED) is 0.121. The fraction of sp³-hybridized carbons (Fsp3) is 0.174. The van der Waals surface area contributed by atoms with Crippen LogP contribution in [0.1, 0.15) is 49.9 Å². The molecule has 0 nitrogen and oxygen atoms in total. The summed E-state index contributed by atoms with van der Waals surface area (Å²) in [6, 6.07) is 38.1. The zero-order valence-electron chi connectivity index (χ0n) is 29.6. The normalized spacial score (nSPS) is 12.7. The predicted octanol–water partition coefficient (Wildman–Crippen LogP) is 13.1. The van der Waals surface area contributed by atoms with E-state index >= 15 is 0 Å². The molecule has 50 heavy (non-hydrogen) atoms. The Morgan fingerprint density at radius 1 is 0.520 bits per heavy atom. The van der Waals surface area contributed by atoms with E-state index in [1.165, 1.54) is 123 Å². The van der Waals surface area contributed by atoms with Gasteiger partial charge in [-0.1, -0.05) is 134 Å². The number of rotatable bonds is 2. The molecule has 0 heterocycles. The Hall–Kier alpha value is -3.00. The maximum atomic E-state index is 3.54. The van der Waals surface area contributed by atoms with Gasteiger partial charge in [0.2, 0.25) is 0 Å². The fourth-order valence-corrected chi connectivity index (χ4v) is 8.05. The molecule has 252 valence electrons. The summed E-state index contributed by atoms with van der Waals surface area (Å²) in [4.78, 5) is 0. The van der Waals surface area contributed by atoms with Crippen LogP contribution in [-0.4, -0.2) is 6.88 Å². The van der Waals surface area contributed by atoms with Crippen LogP contribution in [-0.2, 0) is 36.2 Å². The molecule has 0 atom stereocenters. The van der Waals surface area contributed by atoms with Crippen molar-refractivity contribution in [3.8, 4) is 44.5 Å². The van der Waals surface area contributed by atoms with E-state index in [2.05, 4.69) is 144 Å².